The van der Waals surface area contributed by atoms with Crippen LogP contribution in [0, 0.1) is 5.92 Å². The van der Waals surface area contributed by atoms with E-state index in [9.17, 15) is 19.5 Å². The van der Waals surface area contributed by atoms with Crippen LogP contribution in [0.5, 0.6) is 0 Å². The lowest BCUT2D eigenvalue weighted by molar-refractivity contribution is -0.171. The summed E-state index contributed by atoms with van der Waals surface area (Å²) in [5.74, 6) is -4.13. The highest BCUT2D eigenvalue weighted by molar-refractivity contribution is 6.08. The predicted octanol–water partition coefficient (Wildman–Crippen LogP) is -0.454. The molecule has 1 saturated heterocycles. The smallest absolute Gasteiger partial charge is 0.339 e. The summed E-state index contributed by atoms with van der Waals surface area (Å²) in [6, 6.07) is 0. The predicted molar refractivity (Wildman–Crippen MR) is 59.7 cm³/mol. The molecule has 2 unspecified atom stereocenters. The van der Waals surface area contributed by atoms with Crippen LogP contribution in [0.2, 0.25) is 0 Å². The van der Waals surface area contributed by atoms with E-state index < -0.39 is 29.4 Å². The van der Waals surface area contributed by atoms with Gasteiger partial charge in [-0.15, -0.1) is 0 Å². The molecular formula is C11H17NO6. The number of hydrogen-bond acceptors (Lipinski definition) is 6. The van der Waals surface area contributed by atoms with Gasteiger partial charge < -0.3 is 14.6 Å². The fourth-order valence-electron chi connectivity index (χ4n) is 2.06. The van der Waals surface area contributed by atoms with E-state index in [1.165, 1.54) is 0 Å². The summed E-state index contributed by atoms with van der Waals surface area (Å²) in [4.78, 5) is 35.0. The number of ether oxygens (including phenoxy) is 2. The Morgan fingerprint density at radius 3 is 2.39 bits per heavy atom. The first-order chi connectivity index (χ1) is 8.50. The highest BCUT2D eigenvalue weighted by Crippen LogP contribution is 2.30. The average Bonchev–Trinajstić information content (AvgIpc) is 2.75. The third-order valence-corrected chi connectivity index (χ3v) is 2.87. The van der Waals surface area contributed by atoms with E-state index in [2.05, 4.69) is 5.32 Å². The molecule has 102 valence electrons. The summed E-state index contributed by atoms with van der Waals surface area (Å²) in [5.41, 5.74) is -2.03. The number of carbonyl (C=O) groups excluding carboxylic acids is 2. The second-order valence-corrected chi connectivity index (χ2v) is 3.85. The summed E-state index contributed by atoms with van der Waals surface area (Å²) in [7, 11) is 0. The zero-order valence-electron chi connectivity index (χ0n) is 10.4. The van der Waals surface area contributed by atoms with Gasteiger partial charge in [-0.25, -0.2) is 9.59 Å². The van der Waals surface area contributed by atoms with Crippen LogP contribution in [-0.2, 0) is 23.9 Å². The van der Waals surface area contributed by atoms with Crippen molar-refractivity contribution >= 4 is 17.9 Å². The van der Waals surface area contributed by atoms with Crippen LogP contribution < -0.4 is 5.32 Å². The van der Waals surface area contributed by atoms with E-state index in [1.807, 2.05) is 0 Å². The van der Waals surface area contributed by atoms with Crippen molar-refractivity contribution in [3.05, 3.63) is 0 Å². The fraction of sp³-hybridized carbons (Fsp3) is 0.727. The zero-order chi connectivity index (χ0) is 13.8. The summed E-state index contributed by atoms with van der Waals surface area (Å²) in [6.07, 6.45) is 0.226. The molecular weight excluding hydrogens is 242 g/mol. The minimum atomic E-state index is -2.03. The van der Waals surface area contributed by atoms with Crippen LogP contribution in [0.4, 0.5) is 0 Å². The van der Waals surface area contributed by atoms with E-state index in [-0.39, 0.29) is 26.2 Å². The number of carbonyl (C=O) groups is 3. The maximum absolute atomic E-state index is 11.9. The van der Waals surface area contributed by atoms with Gasteiger partial charge in [-0.1, -0.05) is 0 Å². The lowest BCUT2D eigenvalue weighted by Crippen LogP contribution is -2.61. The zero-order valence-corrected chi connectivity index (χ0v) is 10.4. The molecule has 0 bridgehead atoms. The number of carboxylic acids is 1. The first kappa shape index (κ1) is 14.4. The molecule has 0 amide bonds. The fourth-order valence-corrected chi connectivity index (χ4v) is 2.06. The number of nitrogens with one attached hydrogen (secondary N) is 1. The standard InChI is InChI=1S/C11H17NO6/c1-3-17-8(13)7-5-6-12-11(7,9(14)15)10(16)18-4-2/h7,12H,3-6H2,1-2H3,(H,14,15). The van der Waals surface area contributed by atoms with Crippen LogP contribution in [0.1, 0.15) is 20.3 Å². The molecule has 1 rings (SSSR count). The molecule has 0 aromatic heterocycles. The van der Waals surface area contributed by atoms with Crippen LogP contribution >= 0.6 is 0 Å². The van der Waals surface area contributed by atoms with Gasteiger partial charge in [0.1, 0.15) is 0 Å². The monoisotopic (exact) mass is 259 g/mol. The first-order valence-corrected chi connectivity index (χ1v) is 5.82. The quantitative estimate of drug-likeness (QED) is 0.509. The highest BCUT2D eigenvalue weighted by Gasteiger charge is 2.60. The molecule has 1 fully saturated rings. The Balaban J connectivity index is 3.05. The van der Waals surface area contributed by atoms with Crippen molar-refractivity contribution in [2.75, 3.05) is 19.8 Å². The molecule has 1 aliphatic rings. The van der Waals surface area contributed by atoms with Crippen molar-refractivity contribution in [3.63, 3.8) is 0 Å². The molecule has 7 nitrogen and oxygen atoms in total. The van der Waals surface area contributed by atoms with Gasteiger partial charge in [0.2, 0.25) is 5.54 Å². The van der Waals surface area contributed by atoms with Gasteiger partial charge in [-0.2, -0.15) is 0 Å². The Morgan fingerprint density at radius 1 is 1.28 bits per heavy atom. The van der Waals surface area contributed by atoms with E-state index in [4.69, 9.17) is 9.47 Å². The van der Waals surface area contributed by atoms with E-state index in [0.29, 0.717) is 0 Å². The Morgan fingerprint density at radius 2 is 1.89 bits per heavy atom. The number of carboxylic acid groups (broad SMARTS) is 1. The maximum Gasteiger partial charge on any atom is 0.339 e. The molecule has 0 aliphatic carbocycles. The molecule has 1 heterocycles. The summed E-state index contributed by atoms with van der Waals surface area (Å²) in [5, 5.41) is 11.8. The van der Waals surface area contributed by atoms with Crippen LogP contribution in [0.3, 0.4) is 0 Å². The SMILES string of the molecule is CCOC(=O)C1CCNC1(C(=O)O)C(=O)OCC. The van der Waals surface area contributed by atoms with Crippen molar-refractivity contribution in [2.45, 2.75) is 25.8 Å². The minimum absolute atomic E-state index is 0.0467. The largest absolute Gasteiger partial charge is 0.479 e. The van der Waals surface area contributed by atoms with Crippen LogP contribution in [0.25, 0.3) is 0 Å². The molecule has 0 aromatic carbocycles. The van der Waals surface area contributed by atoms with E-state index in [1.54, 1.807) is 13.8 Å². The lowest BCUT2D eigenvalue weighted by Gasteiger charge is -2.27. The summed E-state index contributed by atoms with van der Waals surface area (Å²) >= 11 is 0. The first-order valence-electron chi connectivity index (χ1n) is 5.82. The second kappa shape index (κ2) is 5.81. The molecule has 0 aromatic rings. The molecule has 0 saturated carbocycles. The molecule has 18 heavy (non-hydrogen) atoms. The Bertz CT molecular complexity index is 355. The average molecular weight is 259 g/mol. The molecule has 7 heteroatoms. The highest BCUT2D eigenvalue weighted by atomic mass is 16.5. The van der Waals surface area contributed by atoms with Gasteiger partial charge in [-0.05, 0) is 26.8 Å². The molecule has 2 N–H and O–H groups in total. The normalized spacial score (nSPS) is 26.7. The molecule has 0 radical (unpaired) electrons. The van der Waals surface area contributed by atoms with Gasteiger partial charge in [0, 0.05) is 0 Å². The van der Waals surface area contributed by atoms with Crippen LogP contribution in [-0.4, -0.2) is 48.3 Å². The molecule has 0 spiro atoms. The van der Waals surface area contributed by atoms with Gasteiger partial charge in [-0.3, -0.25) is 10.1 Å². The van der Waals surface area contributed by atoms with Crippen molar-refractivity contribution in [3.8, 4) is 0 Å². The topological polar surface area (TPSA) is 102 Å². The van der Waals surface area contributed by atoms with Gasteiger partial charge in [0.25, 0.3) is 0 Å². The molecule has 2 atom stereocenters. The third-order valence-electron chi connectivity index (χ3n) is 2.87. The number of hydrogen-bond donors (Lipinski definition) is 2. The van der Waals surface area contributed by atoms with Crippen molar-refractivity contribution in [2.24, 2.45) is 5.92 Å². The lowest BCUT2D eigenvalue weighted by atomic mass is 9.85. The Kier molecular flexibility index (Phi) is 4.66. The Hall–Kier alpha value is -1.63. The van der Waals surface area contributed by atoms with E-state index in [0.717, 1.165) is 0 Å². The summed E-state index contributed by atoms with van der Waals surface area (Å²) < 4.78 is 9.57. The summed E-state index contributed by atoms with van der Waals surface area (Å²) in [6.45, 7) is 3.61. The minimum Gasteiger partial charge on any atom is -0.479 e. The van der Waals surface area contributed by atoms with Gasteiger partial charge >= 0.3 is 17.9 Å². The number of esters is 2. The molecule has 1 aliphatic heterocycles. The number of rotatable bonds is 5. The van der Waals surface area contributed by atoms with Crippen molar-refractivity contribution in [1.82, 2.24) is 5.32 Å². The van der Waals surface area contributed by atoms with Gasteiger partial charge in [0.15, 0.2) is 0 Å². The van der Waals surface area contributed by atoms with Crippen LogP contribution in [0.15, 0.2) is 0 Å². The van der Waals surface area contributed by atoms with E-state index >= 15 is 0 Å². The van der Waals surface area contributed by atoms with Crippen molar-refractivity contribution < 1.29 is 29.0 Å². The second-order valence-electron chi connectivity index (χ2n) is 3.85. The third kappa shape index (κ3) is 2.31. The number of aliphatic carboxylic acids is 1. The maximum atomic E-state index is 11.9. The van der Waals surface area contributed by atoms with Crippen molar-refractivity contribution in [1.29, 1.82) is 0 Å². The van der Waals surface area contributed by atoms with Gasteiger partial charge in [0.05, 0.1) is 19.1 Å². The Labute approximate surface area is 104 Å².